The third-order valence-corrected chi connectivity index (χ3v) is 2.48. The van der Waals surface area contributed by atoms with Gasteiger partial charge in [0.15, 0.2) is 0 Å². The number of ether oxygens (including phenoxy) is 3. The molecule has 0 radical (unpaired) electrons. The fraction of sp³-hybridized carbons (Fsp3) is 0.667. The first-order chi connectivity index (χ1) is 8.13. The van der Waals surface area contributed by atoms with E-state index in [1.54, 1.807) is 6.92 Å². The summed E-state index contributed by atoms with van der Waals surface area (Å²) < 4.78 is 15.2. The van der Waals surface area contributed by atoms with E-state index in [9.17, 15) is 9.59 Å². The summed E-state index contributed by atoms with van der Waals surface area (Å²) in [6, 6.07) is 0. The van der Waals surface area contributed by atoms with E-state index in [-0.39, 0.29) is 25.3 Å². The van der Waals surface area contributed by atoms with Crippen molar-refractivity contribution in [1.29, 1.82) is 0 Å². The first-order valence-corrected chi connectivity index (χ1v) is 5.71. The molecule has 0 saturated carbocycles. The van der Waals surface area contributed by atoms with E-state index < -0.39 is 11.9 Å². The predicted molar refractivity (Wildman–Crippen MR) is 60.3 cm³/mol. The van der Waals surface area contributed by atoms with Crippen LogP contribution in [0, 0.1) is 5.92 Å². The normalized spacial score (nSPS) is 20.6. The fourth-order valence-electron chi connectivity index (χ4n) is 1.43. The van der Waals surface area contributed by atoms with Crippen LogP contribution in [0.15, 0.2) is 12.7 Å². The molecule has 1 saturated heterocycles. The van der Waals surface area contributed by atoms with E-state index in [1.165, 1.54) is 0 Å². The van der Waals surface area contributed by atoms with Crippen molar-refractivity contribution in [2.45, 2.75) is 25.9 Å². The molecule has 17 heavy (non-hydrogen) atoms. The highest BCUT2D eigenvalue weighted by molar-refractivity contribution is 5.81. The van der Waals surface area contributed by atoms with Crippen molar-refractivity contribution in [2.75, 3.05) is 19.8 Å². The van der Waals surface area contributed by atoms with Gasteiger partial charge in [0.2, 0.25) is 0 Å². The van der Waals surface area contributed by atoms with Crippen molar-refractivity contribution < 1.29 is 23.8 Å². The number of hydrogen-bond donors (Lipinski definition) is 0. The maximum Gasteiger partial charge on any atom is 0.330 e. The van der Waals surface area contributed by atoms with E-state index in [2.05, 4.69) is 6.58 Å². The van der Waals surface area contributed by atoms with E-state index in [0.29, 0.717) is 0 Å². The molecule has 1 aliphatic rings. The molecular formula is C12H18O5. The Bertz CT molecular complexity index is 281. The molecule has 5 heteroatoms. The van der Waals surface area contributed by atoms with Gasteiger partial charge in [-0.25, -0.2) is 4.79 Å². The summed E-state index contributed by atoms with van der Waals surface area (Å²) in [6.07, 6.45) is 3.01. The first-order valence-electron chi connectivity index (χ1n) is 5.71. The molecule has 0 aromatic rings. The Labute approximate surface area is 101 Å². The van der Waals surface area contributed by atoms with Crippen LogP contribution in [0.25, 0.3) is 0 Å². The lowest BCUT2D eigenvalue weighted by atomic mass is 10.2. The minimum absolute atomic E-state index is 0.00914. The summed E-state index contributed by atoms with van der Waals surface area (Å²) in [6.45, 7) is 5.93. The Morgan fingerprint density at radius 3 is 2.88 bits per heavy atom. The summed E-state index contributed by atoms with van der Waals surface area (Å²) in [5.74, 6) is -1.39. The number of hydrogen-bond acceptors (Lipinski definition) is 5. The second-order valence-corrected chi connectivity index (χ2v) is 4.00. The second kappa shape index (κ2) is 7.06. The average Bonchev–Trinajstić information content (AvgIpc) is 2.85. The summed E-state index contributed by atoms with van der Waals surface area (Å²) in [5.41, 5.74) is 0. The van der Waals surface area contributed by atoms with Gasteiger partial charge in [-0.2, -0.15) is 0 Å². The predicted octanol–water partition coefficient (Wildman–Crippen LogP) is 1.07. The van der Waals surface area contributed by atoms with Crippen molar-refractivity contribution in [3.05, 3.63) is 12.7 Å². The molecule has 2 unspecified atom stereocenters. The third-order valence-electron chi connectivity index (χ3n) is 2.48. The second-order valence-electron chi connectivity index (χ2n) is 4.00. The van der Waals surface area contributed by atoms with E-state index in [0.717, 1.165) is 25.5 Å². The first kappa shape index (κ1) is 13.7. The molecule has 0 aromatic heterocycles. The zero-order chi connectivity index (χ0) is 12.7. The van der Waals surface area contributed by atoms with Crippen LogP contribution in [0.1, 0.15) is 19.8 Å². The number of carbonyl (C=O) groups excluding carboxylic acids is 2. The van der Waals surface area contributed by atoms with Crippen molar-refractivity contribution in [1.82, 2.24) is 0 Å². The lowest BCUT2D eigenvalue weighted by Gasteiger charge is -2.13. The maximum atomic E-state index is 11.5. The lowest BCUT2D eigenvalue weighted by molar-refractivity contribution is -0.155. The summed E-state index contributed by atoms with van der Waals surface area (Å²) in [7, 11) is 0. The zero-order valence-electron chi connectivity index (χ0n) is 10.0. The maximum absolute atomic E-state index is 11.5. The lowest BCUT2D eigenvalue weighted by Crippen LogP contribution is -2.25. The highest BCUT2D eigenvalue weighted by Gasteiger charge is 2.21. The highest BCUT2D eigenvalue weighted by atomic mass is 16.6. The van der Waals surface area contributed by atoms with Gasteiger partial charge in [-0.05, 0) is 19.8 Å². The van der Waals surface area contributed by atoms with Crippen LogP contribution in [-0.2, 0) is 23.8 Å². The molecule has 1 fully saturated rings. The summed E-state index contributed by atoms with van der Waals surface area (Å²) in [4.78, 5) is 22.3. The topological polar surface area (TPSA) is 61.8 Å². The number of esters is 2. The fourth-order valence-corrected chi connectivity index (χ4v) is 1.43. The van der Waals surface area contributed by atoms with Gasteiger partial charge in [-0.3, -0.25) is 4.79 Å². The van der Waals surface area contributed by atoms with Crippen molar-refractivity contribution in [3.63, 3.8) is 0 Å². The van der Waals surface area contributed by atoms with E-state index >= 15 is 0 Å². The Hall–Kier alpha value is -1.36. The summed E-state index contributed by atoms with van der Waals surface area (Å²) in [5, 5.41) is 0. The molecule has 0 N–H and O–H groups in total. The molecule has 1 heterocycles. The summed E-state index contributed by atoms with van der Waals surface area (Å²) >= 11 is 0. The van der Waals surface area contributed by atoms with Crippen LogP contribution in [0.5, 0.6) is 0 Å². The van der Waals surface area contributed by atoms with Gasteiger partial charge in [0.05, 0.1) is 12.0 Å². The molecule has 0 spiro atoms. The molecule has 1 rings (SSSR count). The zero-order valence-corrected chi connectivity index (χ0v) is 10.0. The Morgan fingerprint density at radius 2 is 2.29 bits per heavy atom. The van der Waals surface area contributed by atoms with Gasteiger partial charge in [0.25, 0.3) is 0 Å². The Morgan fingerprint density at radius 1 is 1.53 bits per heavy atom. The molecule has 0 bridgehead atoms. The smallest absolute Gasteiger partial charge is 0.330 e. The minimum Gasteiger partial charge on any atom is -0.463 e. The molecular weight excluding hydrogens is 224 g/mol. The van der Waals surface area contributed by atoms with Crippen LogP contribution in [-0.4, -0.2) is 37.9 Å². The van der Waals surface area contributed by atoms with Gasteiger partial charge in [0, 0.05) is 12.7 Å². The van der Waals surface area contributed by atoms with Gasteiger partial charge in [-0.15, -0.1) is 0 Å². The van der Waals surface area contributed by atoms with Crippen LogP contribution in [0.3, 0.4) is 0 Å². The van der Waals surface area contributed by atoms with Crippen molar-refractivity contribution in [2.24, 2.45) is 5.92 Å². The molecule has 2 atom stereocenters. The quantitative estimate of drug-likeness (QED) is 0.515. The minimum atomic E-state index is -0.538. The molecule has 0 amide bonds. The van der Waals surface area contributed by atoms with E-state index in [1.807, 2.05) is 0 Å². The van der Waals surface area contributed by atoms with Gasteiger partial charge in [0.1, 0.15) is 13.2 Å². The Kier molecular flexibility index (Phi) is 5.69. The monoisotopic (exact) mass is 242 g/mol. The largest absolute Gasteiger partial charge is 0.463 e. The molecule has 0 aliphatic carbocycles. The van der Waals surface area contributed by atoms with Crippen LogP contribution in [0.4, 0.5) is 0 Å². The van der Waals surface area contributed by atoms with Crippen LogP contribution in [0.2, 0.25) is 0 Å². The number of rotatable bonds is 6. The van der Waals surface area contributed by atoms with Gasteiger partial charge < -0.3 is 14.2 Å². The van der Waals surface area contributed by atoms with Crippen LogP contribution < -0.4 is 0 Å². The number of carbonyl (C=O) groups is 2. The van der Waals surface area contributed by atoms with Crippen LogP contribution >= 0.6 is 0 Å². The highest BCUT2D eigenvalue weighted by Crippen LogP contribution is 2.12. The van der Waals surface area contributed by atoms with Crippen molar-refractivity contribution >= 4 is 11.9 Å². The average molecular weight is 242 g/mol. The van der Waals surface area contributed by atoms with Gasteiger partial charge in [-0.1, -0.05) is 6.58 Å². The molecule has 0 aromatic carbocycles. The molecule has 5 nitrogen and oxygen atoms in total. The van der Waals surface area contributed by atoms with Crippen molar-refractivity contribution in [3.8, 4) is 0 Å². The third kappa shape index (κ3) is 4.99. The molecule has 96 valence electrons. The molecule has 1 aliphatic heterocycles. The van der Waals surface area contributed by atoms with E-state index in [4.69, 9.17) is 14.2 Å². The standard InChI is InChI=1S/C12H18O5/c1-3-11(13)16-7-9(2)12(14)17-8-10-5-4-6-15-10/h3,9-10H,1,4-8H2,2H3. The SMILES string of the molecule is C=CC(=O)OCC(C)C(=O)OCC1CCCO1. The Balaban J connectivity index is 2.16. The van der Waals surface area contributed by atoms with Gasteiger partial charge >= 0.3 is 11.9 Å².